The minimum Gasteiger partial charge on any atom is -0.459 e. The van der Waals surface area contributed by atoms with Gasteiger partial charge < -0.3 is 39.3 Å². The zero-order valence-electron chi connectivity index (χ0n) is 32.7. The number of allylic oxidation sites excluding steroid dienone is 1. The quantitative estimate of drug-likeness (QED) is 0.0722. The van der Waals surface area contributed by atoms with Gasteiger partial charge >= 0.3 is 12.2 Å². The second-order valence-corrected chi connectivity index (χ2v) is 14.6. The van der Waals surface area contributed by atoms with Crippen molar-refractivity contribution in [2.24, 2.45) is 22.9 Å². The minimum atomic E-state index is -1.46. The average Bonchev–Trinajstić information content (AvgIpc) is 3.21. The summed E-state index contributed by atoms with van der Waals surface area (Å²) in [5.41, 5.74) is 3.34. The Balaban J connectivity index is 1.60. The number of carbonyl (C=O) groups excluding carboxylic acids is 2. The highest BCUT2D eigenvalue weighted by molar-refractivity contribution is 6.03. The van der Waals surface area contributed by atoms with Gasteiger partial charge in [-0.3, -0.25) is 4.90 Å². The molecule has 2 aliphatic carbocycles. The molecule has 0 radical (unpaired) electrons. The molecule has 3 aromatic rings. The Morgan fingerprint density at radius 3 is 2.54 bits per heavy atom. The minimum absolute atomic E-state index is 0.00950. The molecule has 0 saturated heterocycles. The summed E-state index contributed by atoms with van der Waals surface area (Å²) in [6, 6.07) is 18.7. The lowest BCUT2D eigenvalue weighted by Gasteiger charge is -2.59. The third kappa shape index (κ3) is 8.28. The van der Waals surface area contributed by atoms with Crippen molar-refractivity contribution >= 4 is 28.7 Å². The van der Waals surface area contributed by atoms with Gasteiger partial charge in [0.1, 0.15) is 24.7 Å². The van der Waals surface area contributed by atoms with Crippen LogP contribution in [0.2, 0.25) is 0 Å². The van der Waals surface area contributed by atoms with Gasteiger partial charge in [-0.05, 0) is 84.6 Å². The number of amides is 2. The molecule has 6 atom stereocenters. The number of aliphatic hydroxyl groups is 2. The fraction of sp³-hybridized carbons (Fsp3) is 0.477. The molecule has 3 aromatic carbocycles. The van der Waals surface area contributed by atoms with Crippen LogP contribution in [0.1, 0.15) is 68.9 Å². The van der Waals surface area contributed by atoms with Crippen LogP contribution in [0.25, 0.3) is 10.8 Å². The molecule has 12 heteroatoms. The maximum absolute atomic E-state index is 14.2. The van der Waals surface area contributed by atoms with E-state index in [1.54, 1.807) is 17.0 Å². The first-order valence-electron chi connectivity index (χ1n) is 19.7. The molecule has 12 nitrogen and oxygen atoms in total. The standard InChI is InChI=1S/C44H55N3O9/c1-5-24-54-44-39(47(43(51)52-3)28-31-17-13-16-29-14-7-8-18-33(29)31)27-37(46-53-4)35-25-30(15-9-11-22-48)34(19-10-12-23-49)40(41(35)44)36-26-32(20-21-38(36)56-44)55-42(50)45-6-2/h5,7-8,13-14,16-18,20-21,25-26,30,34,39-41,48-49H,1,6,9-12,15,19,22-24,27-28H2,2-4H3,(H,45,50). The van der Waals surface area contributed by atoms with Gasteiger partial charge in [-0.1, -0.05) is 72.6 Å². The fourth-order valence-corrected chi connectivity index (χ4v) is 9.14. The molecule has 1 heterocycles. The number of rotatable bonds is 17. The van der Waals surface area contributed by atoms with Crippen LogP contribution < -0.4 is 14.8 Å². The Bertz CT molecular complexity index is 1910. The number of hydrogen-bond donors (Lipinski definition) is 3. The Labute approximate surface area is 329 Å². The van der Waals surface area contributed by atoms with Gasteiger partial charge in [-0.25, -0.2) is 9.59 Å². The van der Waals surface area contributed by atoms with Crippen molar-refractivity contribution in [2.45, 2.75) is 76.2 Å². The number of carbonyl (C=O) groups is 2. The molecule has 2 amide bonds. The predicted molar refractivity (Wildman–Crippen MR) is 214 cm³/mol. The summed E-state index contributed by atoms with van der Waals surface area (Å²) >= 11 is 0. The Hall–Kier alpha value is -4.91. The number of benzene rings is 3. The van der Waals surface area contributed by atoms with E-state index in [1.807, 2.05) is 61.5 Å². The number of fused-ring (bicyclic) bond motifs is 3. The molecule has 1 saturated carbocycles. The van der Waals surface area contributed by atoms with Crippen LogP contribution in [-0.2, 0) is 20.9 Å². The normalized spacial score (nSPS) is 24.3. The summed E-state index contributed by atoms with van der Waals surface area (Å²) < 4.78 is 25.5. The largest absolute Gasteiger partial charge is 0.459 e. The number of nitrogens with zero attached hydrogens (tertiary/aromatic N) is 2. The van der Waals surface area contributed by atoms with Gasteiger partial charge in [0, 0.05) is 37.7 Å². The van der Waals surface area contributed by atoms with Gasteiger partial charge in [0.05, 0.1) is 31.9 Å². The number of aliphatic hydroxyl groups excluding tert-OH is 2. The molecule has 0 aromatic heterocycles. The summed E-state index contributed by atoms with van der Waals surface area (Å²) in [5, 5.41) is 29.0. The lowest BCUT2D eigenvalue weighted by atomic mass is 9.55. The summed E-state index contributed by atoms with van der Waals surface area (Å²) in [6.07, 6.45) is 7.52. The van der Waals surface area contributed by atoms with E-state index in [2.05, 4.69) is 23.1 Å². The zero-order valence-corrected chi connectivity index (χ0v) is 32.7. The van der Waals surface area contributed by atoms with Gasteiger partial charge in [0.25, 0.3) is 0 Å². The van der Waals surface area contributed by atoms with Crippen LogP contribution >= 0.6 is 0 Å². The van der Waals surface area contributed by atoms with E-state index in [1.165, 1.54) is 14.2 Å². The highest BCUT2D eigenvalue weighted by Crippen LogP contribution is 2.62. The molecule has 1 fully saturated rings. The van der Waals surface area contributed by atoms with Crippen molar-refractivity contribution in [3.63, 3.8) is 0 Å². The topological polar surface area (TPSA) is 148 Å². The molecule has 6 unspecified atom stereocenters. The summed E-state index contributed by atoms with van der Waals surface area (Å²) in [4.78, 5) is 34.1. The third-order valence-electron chi connectivity index (χ3n) is 11.4. The number of oxime groups is 1. The zero-order chi connectivity index (χ0) is 39.7. The molecule has 1 aliphatic heterocycles. The van der Waals surface area contributed by atoms with Crippen molar-refractivity contribution in [3.05, 3.63) is 96.1 Å². The highest BCUT2D eigenvalue weighted by Gasteiger charge is 2.65. The monoisotopic (exact) mass is 769 g/mol. The van der Waals surface area contributed by atoms with E-state index in [9.17, 15) is 19.8 Å². The van der Waals surface area contributed by atoms with E-state index in [0.717, 1.165) is 53.2 Å². The van der Waals surface area contributed by atoms with E-state index in [4.69, 9.17) is 23.8 Å². The van der Waals surface area contributed by atoms with E-state index < -0.39 is 29.9 Å². The second-order valence-electron chi connectivity index (χ2n) is 14.6. The number of nitrogens with one attached hydrogen (secondary N) is 1. The van der Waals surface area contributed by atoms with E-state index >= 15 is 0 Å². The maximum atomic E-state index is 14.2. The lowest BCUT2D eigenvalue weighted by molar-refractivity contribution is -0.256. The van der Waals surface area contributed by atoms with Crippen LogP contribution in [0.5, 0.6) is 11.5 Å². The van der Waals surface area contributed by atoms with Crippen molar-refractivity contribution in [3.8, 4) is 11.5 Å². The van der Waals surface area contributed by atoms with Crippen molar-refractivity contribution in [1.82, 2.24) is 10.2 Å². The fourth-order valence-electron chi connectivity index (χ4n) is 9.14. The number of ether oxygens (including phenoxy) is 4. The maximum Gasteiger partial charge on any atom is 0.412 e. The first-order valence-corrected chi connectivity index (χ1v) is 19.7. The van der Waals surface area contributed by atoms with Gasteiger partial charge in [-0.15, -0.1) is 6.58 Å². The molecule has 6 rings (SSSR count). The Morgan fingerprint density at radius 1 is 1.04 bits per heavy atom. The summed E-state index contributed by atoms with van der Waals surface area (Å²) in [6.45, 7) is 6.71. The van der Waals surface area contributed by atoms with Crippen molar-refractivity contribution < 1.29 is 43.6 Å². The molecule has 3 aliphatic rings. The Morgan fingerprint density at radius 2 is 1.80 bits per heavy atom. The summed E-state index contributed by atoms with van der Waals surface area (Å²) in [5.74, 6) is -1.28. The second kappa shape index (κ2) is 18.8. The first-order chi connectivity index (χ1) is 27.3. The van der Waals surface area contributed by atoms with Gasteiger partial charge in [0.15, 0.2) is 0 Å². The first kappa shape index (κ1) is 40.7. The van der Waals surface area contributed by atoms with Crippen LogP contribution in [0, 0.1) is 17.8 Å². The summed E-state index contributed by atoms with van der Waals surface area (Å²) in [7, 11) is 2.89. The predicted octanol–water partition coefficient (Wildman–Crippen LogP) is 7.48. The smallest absolute Gasteiger partial charge is 0.412 e. The molecule has 0 bridgehead atoms. The molecular formula is C44H55N3O9. The number of unbranched alkanes of at least 4 members (excludes halogenated alkanes) is 2. The molecule has 300 valence electrons. The third-order valence-corrected chi connectivity index (χ3v) is 11.4. The average molecular weight is 770 g/mol. The molecule has 0 spiro atoms. The lowest BCUT2D eigenvalue weighted by Crippen LogP contribution is -2.70. The van der Waals surface area contributed by atoms with Gasteiger partial charge in [-0.2, -0.15) is 0 Å². The highest BCUT2D eigenvalue weighted by atomic mass is 16.7. The van der Waals surface area contributed by atoms with E-state index in [0.29, 0.717) is 36.6 Å². The van der Waals surface area contributed by atoms with Crippen LogP contribution in [0.3, 0.4) is 0 Å². The van der Waals surface area contributed by atoms with E-state index in [-0.39, 0.29) is 50.5 Å². The van der Waals surface area contributed by atoms with Crippen LogP contribution in [-0.4, -0.2) is 85.4 Å². The molecule has 56 heavy (non-hydrogen) atoms. The van der Waals surface area contributed by atoms with Crippen LogP contribution in [0.15, 0.2) is 90.1 Å². The van der Waals surface area contributed by atoms with Crippen molar-refractivity contribution in [2.75, 3.05) is 40.6 Å². The SMILES string of the molecule is C=CCOC12Oc3ccc(OC(=O)NCC)cc3C3C(CCCCO)C(CCCCO)C=C(C(=NOC)CC1N(Cc1cccc4ccccc14)C(=O)OC)C32. The number of hydrogen-bond acceptors (Lipinski definition) is 10. The molecular weight excluding hydrogens is 714 g/mol. The van der Waals surface area contributed by atoms with Crippen molar-refractivity contribution in [1.29, 1.82) is 0 Å². The Kier molecular flexibility index (Phi) is 13.7. The molecule has 3 N–H and O–H groups in total. The number of methoxy groups -OCH3 is 1. The van der Waals surface area contributed by atoms with Crippen LogP contribution in [0.4, 0.5) is 9.59 Å². The van der Waals surface area contributed by atoms with Gasteiger partial charge in [0.2, 0.25) is 5.79 Å².